The minimum atomic E-state index is -0.362. The lowest BCUT2D eigenvalue weighted by Crippen LogP contribution is -2.21. The monoisotopic (exact) mass is 365 g/mol. The van der Waals surface area contributed by atoms with E-state index in [1.54, 1.807) is 18.3 Å². The van der Waals surface area contributed by atoms with Crippen molar-refractivity contribution in [3.05, 3.63) is 51.9 Å². The number of anilines is 1. The van der Waals surface area contributed by atoms with Crippen molar-refractivity contribution in [1.29, 1.82) is 0 Å². The van der Waals surface area contributed by atoms with E-state index in [9.17, 15) is 4.79 Å². The van der Waals surface area contributed by atoms with Crippen molar-refractivity contribution in [3.63, 3.8) is 0 Å². The van der Waals surface area contributed by atoms with Crippen molar-refractivity contribution in [2.24, 2.45) is 0 Å². The molecule has 0 amide bonds. The first kappa shape index (κ1) is 16.0. The molecule has 6 nitrogen and oxygen atoms in total. The van der Waals surface area contributed by atoms with E-state index in [2.05, 4.69) is 20.6 Å². The maximum absolute atomic E-state index is 12.4. The average molecular weight is 366 g/mol. The van der Waals surface area contributed by atoms with Crippen LogP contribution in [0.5, 0.6) is 0 Å². The molecule has 0 unspecified atom stereocenters. The van der Waals surface area contributed by atoms with Crippen LogP contribution in [0.25, 0.3) is 5.69 Å². The van der Waals surface area contributed by atoms with Crippen molar-refractivity contribution in [2.75, 3.05) is 11.9 Å². The Morgan fingerprint density at radius 2 is 2.09 bits per heavy atom. The smallest absolute Gasteiger partial charge is 0.291 e. The number of halogens is 1. The second-order valence-electron chi connectivity index (χ2n) is 4.38. The largest absolute Gasteiger partial charge is 0.360 e. The van der Waals surface area contributed by atoms with Crippen LogP contribution in [0.3, 0.4) is 0 Å². The summed E-state index contributed by atoms with van der Waals surface area (Å²) in [7, 11) is 0. The number of aromatic nitrogens is 4. The number of hydrogen-bond acceptors (Lipinski definition) is 7. The van der Waals surface area contributed by atoms with Crippen LogP contribution in [0.2, 0.25) is 5.02 Å². The fourth-order valence-corrected chi connectivity index (χ4v) is 3.82. The lowest BCUT2D eigenvalue weighted by molar-refractivity contribution is 0.791. The summed E-state index contributed by atoms with van der Waals surface area (Å²) in [6, 6.07) is 9.14. The summed E-state index contributed by atoms with van der Waals surface area (Å²) < 4.78 is 1.97. The summed E-state index contributed by atoms with van der Waals surface area (Å²) in [5.74, 6) is 0. The highest BCUT2D eigenvalue weighted by molar-refractivity contribution is 8.01. The maximum atomic E-state index is 12.4. The van der Waals surface area contributed by atoms with Crippen LogP contribution in [0.1, 0.15) is 6.92 Å². The van der Waals surface area contributed by atoms with Crippen molar-refractivity contribution in [1.82, 2.24) is 20.0 Å². The van der Waals surface area contributed by atoms with Gasteiger partial charge in [-0.2, -0.15) is 9.78 Å². The van der Waals surface area contributed by atoms with Gasteiger partial charge < -0.3 is 5.32 Å². The zero-order chi connectivity index (χ0) is 16.2. The summed E-state index contributed by atoms with van der Waals surface area (Å²) in [6.07, 6.45) is 1.57. The normalized spacial score (nSPS) is 10.7. The van der Waals surface area contributed by atoms with Gasteiger partial charge in [0.1, 0.15) is 5.02 Å². The molecule has 0 saturated heterocycles. The van der Waals surface area contributed by atoms with Gasteiger partial charge in [0, 0.05) is 6.54 Å². The third kappa shape index (κ3) is 3.54. The Hall–Kier alpha value is -1.90. The van der Waals surface area contributed by atoms with E-state index >= 15 is 0 Å². The molecule has 2 heterocycles. The summed E-state index contributed by atoms with van der Waals surface area (Å²) in [4.78, 5) is 13.0. The maximum Gasteiger partial charge on any atom is 0.291 e. The Bertz CT molecular complexity index is 865. The molecule has 0 fully saturated rings. The zero-order valence-electron chi connectivity index (χ0n) is 12.1. The van der Waals surface area contributed by atoms with Gasteiger partial charge in [-0.05, 0) is 19.1 Å². The Balaban J connectivity index is 1.89. The molecule has 0 saturated carbocycles. The van der Waals surface area contributed by atoms with Gasteiger partial charge in [0.2, 0.25) is 5.13 Å². The van der Waals surface area contributed by atoms with Gasteiger partial charge in [-0.3, -0.25) is 4.79 Å². The number of hydrogen-bond donors (Lipinski definition) is 1. The van der Waals surface area contributed by atoms with Crippen LogP contribution in [0.4, 0.5) is 5.13 Å². The lowest BCUT2D eigenvalue weighted by Gasteiger charge is -2.06. The molecule has 0 spiro atoms. The summed E-state index contributed by atoms with van der Waals surface area (Å²) >= 11 is 8.89. The van der Waals surface area contributed by atoms with E-state index in [0.717, 1.165) is 11.7 Å². The van der Waals surface area contributed by atoms with Crippen LogP contribution >= 0.6 is 34.7 Å². The highest BCUT2D eigenvalue weighted by Gasteiger charge is 2.14. The number of nitrogens with one attached hydrogen (secondary N) is 1. The third-order valence-electron chi connectivity index (χ3n) is 2.82. The van der Waals surface area contributed by atoms with Gasteiger partial charge in [0.25, 0.3) is 5.56 Å². The minimum absolute atomic E-state index is 0.119. The molecule has 0 bridgehead atoms. The molecule has 23 heavy (non-hydrogen) atoms. The molecule has 9 heteroatoms. The molecule has 0 aliphatic rings. The SMILES string of the molecule is CCNc1nnc(Sc2cnn(-c3ccccc3)c(=O)c2Cl)s1. The first-order chi connectivity index (χ1) is 11.2. The average Bonchev–Trinajstić information content (AvgIpc) is 3.00. The van der Waals surface area contributed by atoms with Crippen molar-refractivity contribution < 1.29 is 0 Å². The summed E-state index contributed by atoms with van der Waals surface area (Å²) in [6.45, 7) is 2.76. The molecule has 2 aromatic heterocycles. The standard InChI is InChI=1S/C14H12ClN5OS2/c1-2-16-13-18-19-14(23-13)22-10-8-17-20(12(21)11(10)15)9-6-4-3-5-7-9/h3-8H,2H2,1H3,(H,16,18). The van der Waals surface area contributed by atoms with Crippen LogP contribution < -0.4 is 10.9 Å². The summed E-state index contributed by atoms with van der Waals surface area (Å²) in [5, 5.41) is 16.2. The van der Waals surface area contributed by atoms with E-state index in [-0.39, 0.29) is 10.6 Å². The number of rotatable bonds is 5. The number of para-hydroxylation sites is 1. The van der Waals surface area contributed by atoms with Crippen molar-refractivity contribution in [3.8, 4) is 5.69 Å². The second-order valence-corrected chi connectivity index (χ2v) is 7.03. The number of benzene rings is 1. The van der Waals surface area contributed by atoms with Gasteiger partial charge >= 0.3 is 0 Å². The Labute approximate surface area is 145 Å². The van der Waals surface area contributed by atoms with Gasteiger partial charge in [0.15, 0.2) is 4.34 Å². The molecule has 1 aromatic carbocycles. The molecule has 0 atom stereocenters. The van der Waals surface area contributed by atoms with E-state index in [1.807, 2.05) is 25.1 Å². The molecule has 0 radical (unpaired) electrons. The van der Waals surface area contributed by atoms with Crippen LogP contribution in [0.15, 0.2) is 50.6 Å². The van der Waals surface area contributed by atoms with Gasteiger partial charge in [-0.15, -0.1) is 10.2 Å². The Kier molecular flexibility index (Phi) is 4.94. The molecule has 3 aromatic rings. The fraction of sp³-hybridized carbons (Fsp3) is 0.143. The summed E-state index contributed by atoms with van der Waals surface area (Å²) in [5.41, 5.74) is 0.306. The van der Waals surface area contributed by atoms with E-state index in [1.165, 1.54) is 27.8 Å². The lowest BCUT2D eigenvalue weighted by atomic mass is 10.3. The van der Waals surface area contributed by atoms with Crippen LogP contribution in [0, 0.1) is 0 Å². The molecule has 0 aliphatic carbocycles. The molecule has 3 rings (SSSR count). The van der Waals surface area contributed by atoms with Gasteiger partial charge in [0.05, 0.1) is 16.8 Å². The fourth-order valence-electron chi connectivity index (χ4n) is 1.81. The molecule has 118 valence electrons. The van der Waals surface area contributed by atoms with Gasteiger partial charge in [-0.25, -0.2) is 0 Å². The van der Waals surface area contributed by atoms with Crippen LogP contribution in [-0.2, 0) is 0 Å². The van der Waals surface area contributed by atoms with Crippen molar-refractivity contribution in [2.45, 2.75) is 16.2 Å². The van der Waals surface area contributed by atoms with E-state index < -0.39 is 0 Å². The first-order valence-electron chi connectivity index (χ1n) is 6.77. The number of nitrogens with zero attached hydrogens (tertiary/aromatic N) is 4. The first-order valence-corrected chi connectivity index (χ1v) is 8.78. The molecular weight excluding hydrogens is 354 g/mol. The predicted octanol–water partition coefficient (Wildman–Crippen LogP) is 3.32. The highest BCUT2D eigenvalue weighted by atomic mass is 35.5. The quantitative estimate of drug-likeness (QED) is 0.747. The van der Waals surface area contributed by atoms with E-state index in [4.69, 9.17) is 11.6 Å². The highest BCUT2D eigenvalue weighted by Crippen LogP contribution is 2.34. The second kappa shape index (κ2) is 7.12. The van der Waals surface area contributed by atoms with E-state index in [0.29, 0.717) is 14.9 Å². The van der Waals surface area contributed by atoms with Crippen molar-refractivity contribution >= 4 is 39.8 Å². The third-order valence-corrected chi connectivity index (χ3v) is 5.26. The van der Waals surface area contributed by atoms with Crippen LogP contribution in [-0.4, -0.2) is 26.5 Å². The predicted molar refractivity (Wildman–Crippen MR) is 93.0 cm³/mol. The Morgan fingerprint density at radius 1 is 1.30 bits per heavy atom. The topological polar surface area (TPSA) is 72.7 Å². The Morgan fingerprint density at radius 3 is 2.83 bits per heavy atom. The minimum Gasteiger partial charge on any atom is -0.360 e. The van der Waals surface area contributed by atoms with Gasteiger partial charge in [-0.1, -0.05) is 52.9 Å². The molecule has 1 N–H and O–H groups in total. The molecular formula is C14H12ClN5OS2. The molecule has 0 aliphatic heterocycles. The zero-order valence-corrected chi connectivity index (χ0v) is 14.5.